The molecule has 6 aromatic carbocycles. The van der Waals surface area contributed by atoms with Crippen molar-refractivity contribution in [3.05, 3.63) is 109 Å². The van der Waals surface area contributed by atoms with Crippen molar-refractivity contribution in [1.29, 1.82) is 0 Å². The van der Waals surface area contributed by atoms with E-state index in [0.29, 0.717) is 5.75 Å². The molecule has 0 radical (unpaired) electrons. The first kappa shape index (κ1) is 21.2. The van der Waals surface area contributed by atoms with E-state index in [2.05, 4.69) is 83.8 Å². The number of rotatable bonds is 5. The van der Waals surface area contributed by atoms with Crippen LogP contribution in [0.1, 0.15) is 13.8 Å². The number of hydrogen-bond donors (Lipinski definition) is 0. The van der Waals surface area contributed by atoms with Gasteiger partial charge in [0, 0.05) is 16.8 Å². The van der Waals surface area contributed by atoms with E-state index in [-0.39, 0.29) is 11.9 Å². The van der Waals surface area contributed by atoms with Gasteiger partial charge in [0.25, 0.3) is 0 Å². The molecule has 0 aromatic heterocycles. The number of benzene rings is 6. The van der Waals surface area contributed by atoms with E-state index in [9.17, 15) is 4.79 Å². The number of nitrogens with zero attached hydrogens (tertiary/aromatic N) is 1. The normalized spacial score (nSPS) is 11.5. The van der Waals surface area contributed by atoms with E-state index in [1.807, 2.05) is 44.2 Å². The van der Waals surface area contributed by atoms with Gasteiger partial charge in [-0.05, 0) is 69.4 Å². The molecule has 0 amide bonds. The van der Waals surface area contributed by atoms with Crippen LogP contribution in [0.4, 0.5) is 17.1 Å². The number of hydrogen-bond acceptors (Lipinski definition) is 3. The molecule has 0 N–H and O–H groups in total. The summed E-state index contributed by atoms with van der Waals surface area (Å²) in [6.07, 6.45) is 0. The number of ether oxygens (including phenoxy) is 1. The molecule has 3 nitrogen and oxygen atoms in total. The zero-order valence-electron chi connectivity index (χ0n) is 19.7. The van der Waals surface area contributed by atoms with Crippen LogP contribution in [0.2, 0.25) is 0 Å². The first-order valence-corrected chi connectivity index (χ1v) is 11.9. The fourth-order valence-electron chi connectivity index (χ4n) is 4.82. The molecule has 0 unspecified atom stereocenters. The van der Waals surface area contributed by atoms with Crippen LogP contribution in [0.3, 0.4) is 0 Å². The van der Waals surface area contributed by atoms with Crippen molar-refractivity contribution in [2.75, 3.05) is 4.90 Å². The number of carbonyl (C=O) groups is 1. The predicted molar refractivity (Wildman–Crippen MR) is 145 cm³/mol. The van der Waals surface area contributed by atoms with Gasteiger partial charge in [0.15, 0.2) is 0 Å². The molecule has 0 atom stereocenters. The molecule has 3 heteroatoms. The summed E-state index contributed by atoms with van der Waals surface area (Å²) in [4.78, 5) is 14.3. The molecule has 0 aliphatic heterocycles. The molecule has 0 aliphatic rings. The molecule has 6 aromatic rings. The Bertz CT molecular complexity index is 1640. The van der Waals surface area contributed by atoms with E-state index < -0.39 is 0 Å². The smallest absolute Gasteiger partial charge is 0.313 e. The number of para-hydroxylation sites is 1. The van der Waals surface area contributed by atoms with Crippen LogP contribution in [0, 0.1) is 5.92 Å². The first-order valence-electron chi connectivity index (χ1n) is 11.9. The van der Waals surface area contributed by atoms with E-state index in [4.69, 9.17) is 4.74 Å². The quantitative estimate of drug-likeness (QED) is 0.148. The summed E-state index contributed by atoms with van der Waals surface area (Å²) in [5.41, 5.74) is 3.17. The lowest BCUT2D eigenvalue weighted by atomic mass is 9.93. The van der Waals surface area contributed by atoms with Gasteiger partial charge in [0.1, 0.15) is 5.75 Å². The van der Waals surface area contributed by atoms with Crippen molar-refractivity contribution >= 4 is 55.3 Å². The fraction of sp³-hybridized carbons (Fsp3) is 0.0938. The molecule has 0 saturated heterocycles. The third-order valence-electron chi connectivity index (χ3n) is 6.55. The number of carbonyl (C=O) groups excluding carboxylic acids is 1. The van der Waals surface area contributed by atoms with E-state index in [1.54, 1.807) is 0 Å². The maximum Gasteiger partial charge on any atom is 0.313 e. The van der Waals surface area contributed by atoms with Gasteiger partial charge < -0.3 is 9.64 Å². The minimum Gasteiger partial charge on any atom is -0.426 e. The highest BCUT2D eigenvalue weighted by Crippen LogP contribution is 2.43. The summed E-state index contributed by atoms with van der Waals surface area (Å²) in [5, 5.41) is 7.51. The Morgan fingerprint density at radius 2 is 1.23 bits per heavy atom. The van der Waals surface area contributed by atoms with Gasteiger partial charge in [0.05, 0.1) is 11.6 Å². The van der Waals surface area contributed by atoms with Crippen LogP contribution in [-0.4, -0.2) is 5.97 Å². The molecule has 6 rings (SSSR count). The zero-order chi connectivity index (χ0) is 23.9. The van der Waals surface area contributed by atoms with Gasteiger partial charge in [-0.3, -0.25) is 4.79 Å². The van der Waals surface area contributed by atoms with Gasteiger partial charge in [0.2, 0.25) is 0 Å². The van der Waals surface area contributed by atoms with Crippen molar-refractivity contribution < 1.29 is 9.53 Å². The molecule has 0 heterocycles. The lowest BCUT2D eigenvalue weighted by molar-refractivity contribution is -0.137. The molecule has 0 bridgehead atoms. The van der Waals surface area contributed by atoms with Crippen molar-refractivity contribution in [1.82, 2.24) is 0 Å². The molecular weight excluding hydrogens is 430 g/mol. The van der Waals surface area contributed by atoms with E-state index in [0.717, 1.165) is 17.1 Å². The van der Waals surface area contributed by atoms with Crippen LogP contribution in [0.15, 0.2) is 109 Å². The third kappa shape index (κ3) is 3.66. The third-order valence-corrected chi connectivity index (χ3v) is 6.55. The molecule has 35 heavy (non-hydrogen) atoms. The van der Waals surface area contributed by atoms with Gasteiger partial charge in [-0.25, -0.2) is 0 Å². The standard InChI is InChI=1S/C32H25NO2/c1-21(2)32(34)35-27-17-15-26(16-18-27)33(25-9-4-3-5-10-25)29-20-14-24-12-11-22-7-6-8-23-13-19-28(29)31(24)30(22)23/h3-21H,1-2H3. The van der Waals surface area contributed by atoms with Crippen LogP contribution < -0.4 is 9.64 Å². The van der Waals surface area contributed by atoms with E-state index >= 15 is 0 Å². The molecule has 170 valence electrons. The van der Waals surface area contributed by atoms with Gasteiger partial charge >= 0.3 is 5.97 Å². The SMILES string of the molecule is CC(C)C(=O)Oc1ccc(N(c2ccccc2)c2ccc3ccc4cccc5ccc2c3c45)cc1. The Balaban J connectivity index is 1.55. The maximum atomic E-state index is 12.1. The lowest BCUT2D eigenvalue weighted by Crippen LogP contribution is -2.15. The summed E-state index contributed by atoms with van der Waals surface area (Å²) in [7, 11) is 0. The second kappa shape index (κ2) is 8.44. The van der Waals surface area contributed by atoms with Crippen LogP contribution in [-0.2, 0) is 4.79 Å². The summed E-state index contributed by atoms with van der Waals surface area (Å²) in [6.45, 7) is 3.67. The Morgan fingerprint density at radius 3 is 1.91 bits per heavy atom. The first-order chi connectivity index (χ1) is 17.1. The summed E-state index contributed by atoms with van der Waals surface area (Å²) in [6, 6.07) is 37.8. The largest absolute Gasteiger partial charge is 0.426 e. The second-order valence-electron chi connectivity index (χ2n) is 9.18. The average Bonchev–Trinajstić information content (AvgIpc) is 2.89. The maximum absolute atomic E-state index is 12.1. The molecule has 0 fully saturated rings. The molecule has 0 saturated carbocycles. The minimum absolute atomic E-state index is 0.173. The molecule has 0 aliphatic carbocycles. The zero-order valence-corrected chi connectivity index (χ0v) is 19.7. The van der Waals surface area contributed by atoms with Crippen molar-refractivity contribution in [2.45, 2.75) is 13.8 Å². The van der Waals surface area contributed by atoms with Crippen LogP contribution in [0.5, 0.6) is 5.75 Å². The van der Waals surface area contributed by atoms with Gasteiger partial charge in [-0.1, -0.05) is 80.6 Å². The number of esters is 1. The summed E-state index contributed by atoms with van der Waals surface area (Å²) >= 11 is 0. The number of anilines is 3. The minimum atomic E-state index is -0.232. The highest BCUT2D eigenvalue weighted by molar-refractivity contribution is 6.25. The van der Waals surface area contributed by atoms with Crippen LogP contribution in [0.25, 0.3) is 32.3 Å². The molecular formula is C32H25NO2. The highest BCUT2D eigenvalue weighted by Gasteiger charge is 2.18. The highest BCUT2D eigenvalue weighted by atomic mass is 16.5. The summed E-state index contributed by atoms with van der Waals surface area (Å²) in [5.74, 6) is 0.146. The van der Waals surface area contributed by atoms with Gasteiger partial charge in [-0.2, -0.15) is 0 Å². The monoisotopic (exact) mass is 455 g/mol. The summed E-state index contributed by atoms with van der Waals surface area (Å²) < 4.78 is 5.51. The second-order valence-corrected chi connectivity index (χ2v) is 9.18. The van der Waals surface area contributed by atoms with Crippen LogP contribution >= 0.6 is 0 Å². The van der Waals surface area contributed by atoms with Crippen molar-refractivity contribution in [3.63, 3.8) is 0 Å². The Hall–Kier alpha value is -4.37. The Morgan fingerprint density at radius 1 is 0.629 bits per heavy atom. The fourth-order valence-corrected chi connectivity index (χ4v) is 4.82. The van der Waals surface area contributed by atoms with Crippen molar-refractivity contribution in [3.8, 4) is 5.75 Å². The molecule has 0 spiro atoms. The lowest BCUT2D eigenvalue weighted by Gasteiger charge is -2.27. The topological polar surface area (TPSA) is 29.5 Å². The average molecular weight is 456 g/mol. The Kier molecular flexibility index (Phi) is 5.11. The predicted octanol–water partition coefficient (Wildman–Crippen LogP) is 8.62. The Labute approximate surface area is 204 Å². The van der Waals surface area contributed by atoms with Crippen molar-refractivity contribution in [2.24, 2.45) is 5.92 Å². The van der Waals surface area contributed by atoms with Gasteiger partial charge in [-0.15, -0.1) is 0 Å². The van der Waals surface area contributed by atoms with E-state index in [1.165, 1.54) is 32.3 Å².